The van der Waals surface area contributed by atoms with Crippen molar-refractivity contribution in [1.82, 2.24) is 4.90 Å². The van der Waals surface area contributed by atoms with Gasteiger partial charge in [-0.2, -0.15) is 0 Å². The van der Waals surface area contributed by atoms with E-state index in [9.17, 15) is 9.90 Å². The Bertz CT molecular complexity index is 431. The van der Waals surface area contributed by atoms with Crippen LogP contribution in [0.1, 0.15) is 24.2 Å². The van der Waals surface area contributed by atoms with Crippen molar-refractivity contribution in [2.45, 2.75) is 19.6 Å². The molecule has 5 heteroatoms. The molecule has 0 aliphatic carbocycles. The fraction of sp³-hybridized carbons (Fsp3) is 0.500. The summed E-state index contributed by atoms with van der Waals surface area (Å²) in [6, 6.07) is 5.18. The van der Waals surface area contributed by atoms with Crippen molar-refractivity contribution in [2.75, 3.05) is 27.8 Å². The maximum absolute atomic E-state index is 11.5. The lowest BCUT2D eigenvalue weighted by Gasteiger charge is -2.16. The smallest absolute Gasteiger partial charge is 0.339 e. The van der Waals surface area contributed by atoms with Gasteiger partial charge in [0.25, 0.3) is 0 Å². The van der Waals surface area contributed by atoms with E-state index >= 15 is 0 Å². The van der Waals surface area contributed by atoms with Crippen LogP contribution in [0.3, 0.4) is 0 Å². The zero-order chi connectivity index (χ0) is 14.4. The summed E-state index contributed by atoms with van der Waals surface area (Å²) < 4.78 is 10.1. The van der Waals surface area contributed by atoms with Crippen LogP contribution in [0.4, 0.5) is 0 Å². The molecule has 0 spiro atoms. The molecule has 1 unspecified atom stereocenters. The summed E-state index contributed by atoms with van der Waals surface area (Å²) in [4.78, 5) is 13.5. The molecule has 0 aliphatic heterocycles. The van der Waals surface area contributed by atoms with E-state index in [2.05, 4.69) is 0 Å². The first-order valence-corrected chi connectivity index (χ1v) is 6.15. The normalized spacial score (nSPS) is 12.3. The molecule has 0 fully saturated rings. The van der Waals surface area contributed by atoms with Gasteiger partial charge in [0.05, 0.1) is 13.7 Å². The predicted octanol–water partition coefficient (Wildman–Crippen LogP) is 1.35. The number of aliphatic hydroxyl groups is 1. The Balaban J connectivity index is 2.99. The molecular formula is C14H21NO4. The van der Waals surface area contributed by atoms with Crippen molar-refractivity contribution in [3.8, 4) is 5.75 Å². The molecule has 0 heterocycles. The highest BCUT2D eigenvalue weighted by Crippen LogP contribution is 2.25. The lowest BCUT2D eigenvalue weighted by Crippen LogP contribution is -2.16. The topological polar surface area (TPSA) is 59.0 Å². The monoisotopic (exact) mass is 267 g/mol. The van der Waals surface area contributed by atoms with Gasteiger partial charge in [0.15, 0.2) is 6.10 Å². The summed E-state index contributed by atoms with van der Waals surface area (Å²) in [7, 11) is 5.47. The number of hydrogen-bond donors (Lipinski definition) is 1. The Kier molecular flexibility index (Phi) is 5.79. The average Bonchev–Trinajstić information content (AvgIpc) is 2.37. The number of esters is 1. The van der Waals surface area contributed by atoms with Crippen LogP contribution in [0.25, 0.3) is 0 Å². The van der Waals surface area contributed by atoms with Crippen LogP contribution in [0.15, 0.2) is 18.2 Å². The zero-order valence-corrected chi connectivity index (χ0v) is 11.8. The van der Waals surface area contributed by atoms with Crippen LogP contribution in [-0.4, -0.2) is 43.8 Å². The van der Waals surface area contributed by atoms with Crippen LogP contribution >= 0.6 is 0 Å². The largest absolute Gasteiger partial charge is 0.496 e. The first-order valence-electron chi connectivity index (χ1n) is 6.15. The van der Waals surface area contributed by atoms with Crippen molar-refractivity contribution in [1.29, 1.82) is 0 Å². The van der Waals surface area contributed by atoms with E-state index in [-0.39, 0.29) is 6.61 Å². The van der Waals surface area contributed by atoms with Gasteiger partial charge in [-0.1, -0.05) is 6.07 Å². The minimum Gasteiger partial charge on any atom is -0.496 e. The van der Waals surface area contributed by atoms with Crippen molar-refractivity contribution in [3.05, 3.63) is 29.3 Å². The first-order chi connectivity index (χ1) is 8.99. The fourth-order valence-corrected chi connectivity index (χ4v) is 1.79. The summed E-state index contributed by atoms with van der Waals surface area (Å²) in [6.45, 7) is 2.61. The van der Waals surface area contributed by atoms with E-state index in [1.165, 1.54) is 0 Å². The first kappa shape index (κ1) is 15.5. The third-order valence-corrected chi connectivity index (χ3v) is 2.62. The molecule has 0 saturated carbocycles. The molecule has 1 atom stereocenters. The highest BCUT2D eigenvalue weighted by molar-refractivity contribution is 5.76. The van der Waals surface area contributed by atoms with E-state index in [4.69, 9.17) is 9.47 Å². The van der Waals surface area contributed by atoms with Gasteiger partial charge in [0.1, 0.15) is 5.75 Å². The van der Waals surface area contributed by atoms with Gasteiger partial charge >= 0.3 is 5.97 Å². The Morgan fingerprint density at radius 3 is 2.63 bits per heavy atom. The molecule has 5 nitrogen and oxygen atoms in total. The molecule has 106 valence electrons. The number of methoxy groups -OCH3 is 1. The van der Waals surface area contributed by atoms with Crippen molar-refractivity contribution >= 4 is 5.97 Å². The molecule has 1 aromatic carbocycles. The Morgan fingerprint density at radius 2 is 2.11 bits per heavy atom. The number of benzene rings is 1. The SMILES string of the molecule is CCOC(=O)C(O)c1ccc(OC)c(CN(C)C)c1. The predicted molar refractivity (Wildman–Crippen MR) is 72.0 cm³/mol. The van der Waals surface area contributed by atoms with E-state index in [1.54, 1.807) is 32.2 Å². The van der Waals surface area contributed by atoms with Crippen LogP contribution in [0, 0.1) is 0 Å². The molecule has 1 rings (SSSR count). The summed E-state index contributed by atoms with van der Waals surface area (Å²) in [6.07, 6.45) is -1.26. The van der Waals surface area contributed by atoms with Crippen LogP contribution < -0.4 is 4.74 Å². The lowest BCUT2D eigenvalue weighted by atomic mass is 10.0. The van der Waals surface area contributed by atoms with Gasteiger partial charge in [0, 0.05) is 12.1 Å². The molecule has 0 bridgehead atoms. The maximum Gasteiger partial charge on any atom is 0.339 e. The van der Waals surface area contributed by atoms with Gasteiger partial charge in [-0.05, 0) is 38.7 Å². The molecule has 0 aliphatic rings. The number of carbonyl (C=O) groups excluding carboxylic acids is 1. The number of aliphatic hydroxyl groups excluding tert-OH is 1. The summed E-state index contributed by atoms with van der Waals surface area (Å²) in [5.74, 6) is 0.0944. The Morgan fingerprint density at radius 1 is 1.42 bits per heavy atom. The van der Waals surface area contributed by atoms with Crippen LogP contribution in [0.2, 0.25) is 0 Å². The van der Waals surface area contributed by atoms with Crippen LogP contribution in [-0.2, 0) is 16.1 Å². The van der Waals surface area contributed by atoms with Gasteiger partial charge in [-0.3, -0.25) is 0 Å². The summed E-state index contributed by atoms with van der Waals surface area (Å²) in [5.41, 5.74) is 1.42. The molecule has 1 aromatic rings. The van der Waals surface area contributed by atoms with Gasteiger partial charge < -0.3 is 19.5 Å². The molecule has 0 aromatic heterocycles. The van der Waals surface area contributed by atoms with Crippen LogP contribution in [0.5, 0.6) is 5.75 Å². The lowest BCUT2D eigenvalue weighted by molar-refractivity contribution is -0.153. The third-order valence-electron chi connectivity index (χ3n) is 2.62. The quantitative estimate of drug-likeness (QED) is 0.788. The Labute approximate surface area is 113 Å². The summed E-state index contributed by atoms with van der Waals surface area (Å²) >= 11 is 0. The van der Waals surface area contributed by atoms with Crippen molar-refractivity contribution in [2.24, 2.45) is 0 Å². The van der Waals surface area contributed by atoms with E-state index < -0.39 is 12.1 Å². The zero-order valence-electron chi connectivity index (χ0n) is 11.8. The number of ether oxygens (including phenoxy) is 2. The van der Waals surface area contributed by atoms with Gasteiger partial charge in [-0.25, -0.2) is 4.79 Å². The second-order valence-electron chi connectivity index (χ2n) is 4.46. The number of nitrogens with zero attached hydrogens (tertiary/aromatic N) is 1. The van der Waals surface area contributed by atoms with Crippen molar-refractivity contribution < 1.29 is 19.4 Å². The number of hydrogen-bond acceptors (Lipinski definition) is 5. The van der Waals surface area contributed by atoms with E-state index in [0.29, 0.717) is 12.1 Å². The second kappa shape index (κ2) is 7.11. The standard InChI is InChI=1S/C14H21NO4/c1-5-19-14(17)13(16)10-6-7-12(18-4)11(8-10)9-15(2)3/h6-8,13,16H,5,9H2,1-4H3. The minimum atomic E-state index is -1.26. The van der Waals surface area contributed by atoms with E-state index in [1.807, 2.05) is 19.0 Å². The Hall–Kier alpha value is -1.59. The second-order valence-corrected chi connectivity index (χ2v) is 4.46. The van der Waals surface area contributed by atoms with E-state index in [0.717, 1.165) is 11.3 Å². The highest BCUT2D eigenvalue weighted by atomic mass is 16.5. The number of rotatable bonds is 6. The third kappa shape index (κ3) is 4.22. The fourth-order valence-electron chi connectivity index (χ4n) is 1.79. The molecule has 0 amide bonds. The highest BCUT2D eigenvalue weighted by Gasteiger charge is 2.20. The molecular weight excluding hydrogens is 246 g/mol. The molecule has 19 heavy (non-hydrogen) atoms. The van der Waals surface area contributed by atoms with Gasteiger partial charge in [-0.15, -0.1) is 0 Å². The molecule has 1 N–H and O–H groups in total. The minimum absolute atomic E-state index is 0.247. The maximum atomic E-state index is 11.5. The molecule has 0 radical (unpaired) electrons. The average molecular weight is 267 g/mol. The van der Waals surface area contributed by atoms with Crippen molar-refractivity contribution in [3.63, 3.8) is 0 Å². The number of carbonyl (C=O) groups is 1. The van der Waals surface area contributed by atoms with Gasteiger partial charge in [0.2, 0.25) is 0 Å². The summed E-state index contributed by atoms with van der Waals surface area (Å²) in [5, 5.41) is 9.91. The molecule has 0 saturated heterocycles.